The molecule has 1 aliphatic rings. The third-order valence-electron chi connectivity index (χ3n) is 3.34. The van der Waals surface area contributed by atoms with Gasteiger partial charge < -0.3 is 5.73 Å². The van der Waals surface area contributed by atoms with Crippen LogP contribution in [-0.4, -0.2) is 11.0 Å². The molecule has 0 saturated heterocycles. The summed E-state index contributed by atoms with van der Waals surface area (Å²) >= 11 is 3.97. The highest BCUT2D eigenvalue weighted by Crippen LogP contribution is 2.39. The van der Waals surface area contributed by atoms with E-state index >= 15 is 0 Å². The Morgan fingerprint density at radius 3 is 2.89 bits per heavy atom. The van der Waals surface area contributed by atoms with Crippen molar-refractivity contribution in [3.05, 3.63) is 53.6 Å². The number of rotatable bonds is 3. The molecule has 1 atom stereocenters. The van der Waals surface area contributed by atoms with Crippen molar-refractivity contribution in [2.45, 2.75) is 28.4 Å². The number of hydrogen-bond acceptors (Lipinski definition) is 3. The van der Waals surface area contributed by atoms with Gasteiger partial charge in [-0.25, -0.2) is 0 Å². The van der Waals surface area contributed by atoms with Crippen LogP contribution in [0.3, 0.4) is 0 Å². The molecule has 0 radical (unpaired) electrons. The third-order valence-corrected chi connectivity index (χ3v) is 6.21. The minimum Gasteiger partial charge on any atom is -0.399 e. The van der Waals surface area contributed by atoms with E-state index in [1.54, 1.807) is 0 Å². The lowest BCUT2D eigenvalue weighted by Crippen LogP contribution is -2.04. The predicted octanol–water partition coefficient (Wildman–Crippen LogP) is 4.39. The summed E-state index contributed by atoms with van der Waals surface area (Å²) in [5.74, 6) is 1.16. The summed E-state index contributed by atoms with van der Waals surface area (Å²) in [4.78, 5) is 2.81. The summed E-state index contributed by atoms with van der Waals surface area (Å²) in [5.41, 5.74) is 9.43. The molecule has 0 bridgehead atoms. The first-order valence-corrected chi connectivity index (χ1v) is 8.32. The van der Waals surface area contributed by atoms with E-state index < -0.39 is 0 Å². The van der Waals surface area contributed by atoms with Gasteiger partial charge in [-0.2, -0.15) is 0 Å². The van der Waals surface area contributed by atoms with E-state index in [0.29, 0.717) is 5.25 Å². The molecule has 19 heavy (non-hydrogen) atoms. The Kier molecular flexibility index (Phi) is 3.76. The summed E-state index contributed by atoms with van der Waals surface area (Å²) in [6.45, 7) is 2.13. The van der Waals surface area contributed by atoms with Crippen LogP contribution >= 0.6 is 23.5 Å². The molecule has 1 unspecified atom stereocenters. The van der Waals surface area contributed by atoms with Crippen LogP contribution in [0, 0.1) is 6.92 Å². The number of nitrogen functional groups attached to an aromatic ring is 1. The van der Waals surface area contributed by atoms with Crippen molar-refractivity contribution >= 4 is 29.2 Å². The van der Waals surface area contributed by atoms with Crippen LogP contribution in [0.2, 0.25) is 0 Å². The Bertz CT molecular complexity index is 570. The molecule has 3 rings (SSSR count). The monoisotopic (exact) mass is 287 g/mol. The molecule has 2 N–H and O–H groups in total. The molecule has 98 valence electrons. The molecule has 0 fully saturated rings. The zero-order valence-corrected chi connectivity index (χ0v) is 12.6. The van der Waals surface area contributed by atoms with Crippen LogP contribution in [0.1, 0.15) is 11.1 Å². The van der Waals surface area contributed by atoms with E-state index in [1.807, 2.05) is 29.6 Å². The average Bonchev–Trinajstić information content (AvgIpc) is 2.80. The summed E-state index contributed by atoms with van der Waals surface area (Å²) in [6.07, 6.45) is 1.20. The molecule has 2 aromatic carbocycles. The van der Waals surface area contributed by atoms with Gasteiger partial charge in [0.2, 0.25) is 0 Å². The van der Waals surface area contributed by atoms with Crippen molar-refractivity contribution in [1.82, 2.24) is 0 Å². The maximum atomic E-state index is 5.79. The van der Waals surface area contributed by atoms with Gasteiger partial charge >= 0.3 is 0 Å². The highest BCUT2D eigenvalue weighted by atomic mass is 32.2. The largest absolute Gasteiger partial charge is 0.399 e. The van der Waals surface area contributed by atoms with Crippen LogP contribution in [-0.2, 0) is 6.42 Å². The zero-order chi connectivity index (χ0) is 13.2. The first-order chi connectivity index (χ1) is 9.22. The fraction of sp³-hybridized carbons (Fsp3) is 0.250. The lowest BCUT2D eigenvalue weighted by molar-refractivity contribution is 0.970. The highest BCUT2D eigenvalue weighted by Gasteiger charge is 2.21. The topological polar surface area (TPSA) is 26.0 Å². The summed E-state index contributed by atoms with van der Waals surface area (Å²) in [6, 6.07) is 14.9. The van der Waals surface area contributed by atoms with Gasteiger partial charge in [-0.15, -0.1) is 23.5 Å². The van der Waals surface area contributed by atoms with Crippen molar-refractivity contribution in [2.24, 2.45) is 0 Å². The predicted molar refractivity (Wildman–Crippen MR) is 86.1 cm³/mol. The van der Waals surface area contributed by atoms with Crippen LogP contribution in [0.15, 0.2) is 52.3 Å². The van der Waals surface area contributed by atoms with E-state index in [1.165, 1.54) is 27.3 Å². The molecule has 0 spiro atoms. The number of hydrogen-bond donors (Lipinski definition) is 1. The first kappa shape index (κ1) is 12.9. The van der Waals surface area contributed by atoms with Crippen molar-refractivity contribution in [3.8, 4) is 0 Å². The average molecular weight is 287 g/mol. The summed E-state index contributed by atoms with van der Waals surface area (Å²) in [7, 11) is 0. The standard InChI is InChI=1S/C16H17NS2/c1-11-8-13(17)6-7-15(11)18-10-14-9-12-4-2-3-5-16(12)19-14/h2-8,14H,9-10,17H2,1H3. The van der Waals surface area contributed by atoms with E-state index in [-0.39, 0.29) is 0 Å². The van der Waals surface area contributed by atoms with Crippen molar-refractivity contribution in [3.63, 3.8) is 0 Å². The fourth-order valence-corrected chi connectivity index (χ4v) is 4.86. The van der Waals surface area contributed by atoms with E-state index in [0.717, 1.165) is 11.4 Å². The molecule has 0 aromatic heterocycles. The van der Waals surface area contributed by atoms with Gasteiger partial charge in [0, 0.05) is 26.5 Å². The van der Waals surface area contributed by atoms with Crippen LogP contribution in [0.25, 0.3) is 0 Å². The van der Waals surface area contributed by atoms with E-state index in [2.05, 4.69) is 43.3 Å². The molecule has 0 amide bonds. The Balaban J connectivity index is 1.63. The molecular weight excluding hydrogens is 270 g/mol. The molecule has 1 heterocycles. The van der Waals surface area contributed by atoms with Gasteiger partial charge in [-0.3, -0.25) is 0 Å². The van der Waals surface area contributed by atoms with Crippen LogP contribution in [0.5, 0.6) is 0 Å². The van der Waals surface area contributed by atoms with Gasteiger partial charge in [0.25, 0.3) is 0 Å². The first-order valence-electron chi connectivity index (χ1n) is 6.46. The second-order valence-corrected chi connectivity index (χ2v) is 7.29. The second kappa shape index (κ2) is 5.51. The van der Waals surface area contributed by atoms with Crippen molar-refractivity contribution in [2.75, 3.05) is 11.5 Å². The quantitative estimate of drug-likeness (QED) is 0.670. The molecular formula is C16H17NS2. The number of aryl methyl sites for hydroxylation is 1. The van der Waals surface area contributed by atoms with E-state index in [9.17, 15) is 0 Å². The molecule has 1 aliphatic heterocycles. The SMILES string of the molecule is Cc1cc(N)ccc1SCC1Cc2ccccc2S1. The van der Waals surface area contributed by atoms with Gasteiger partial charge in [-0.05, 0) is 48.7 Å². The third kappa shape index (κ3) is 2.93. The van der Waals surface area contributed by atoms with Crippen molar-refractivity contribution in [1.29, 1.82) is 0 Å². The Labute approximate surface area is 123 Å². The van der Waals surface area contributed by atoms with E-state index in [4.69, 9.17) is 5.73 Å². The minimum absolute atomic E-state index is 0.694. The highest BCUT2D eigenvalue weighted by molar-refractivity contribution is 8.03. The molecule has 2 aromatic rings. The van der Waals surface area contributed by atoms with Gasteiger partial charge in [-0.1, -0.05) is 18.2 Å². The lowest BCUT2D eigenvalue weighted by Gasteiger charge is -2.10. The number of thioether (sulfide) groups is 2. The number of anilines is 1. The number of nitrogens with two attached hydrogens (primary N) is 1. The van der Waals surface area contributed by atoms with Gasteiger partial charge in [0.05, 0.1) is 0 Å². The minimum atomic E-state index is 0.694. The molecule has 3 heteroatoms. The Morgan fingerprint density at radius 1 is 1.26 bits per heavy atom. The maximum Gasteiger partial charge on any atom is 0.0317 e. The molecule has 0 saturated carbocycles. The maximum absolute atomic E-state index is 5.79. The fourth-order valence-electron chi connectivity index (χ4n) is 2.36. The number of benzene rings is 2. The smallest absolute Gasteiger partial charge is 0.0317 e. The van der Waals surface area contributed by atoms with Crippen LogP contribution in [0.4, 0.5) is 5.69 Å². The Morgan fingerprint density at radius 2 is 2.11 bits per heavy atom. The van der Waals surface area contributed by atoms with Crippen molar-refractivity contribution < 1.29 is 0 Å². The second-order valence-electron chi connectivity index (χ2n) is 4.89. The summed E-state index contributed by atoms with van der Waals surface area (Å²) in [5, 5.41) is 0.694. The number of fused-ring (bicyclic) bond motifs is 1. The molecule has 1 nitrogen and oxygen atoms in total. The lowest BCUT2D eigenvalue weighted by atomic mass is 10.1. The van der Waals surface area contributed by atoms with Crippen LogP contribution < -0.4 is 5.73 Å². The molecule has 0 aliphatic carbocycles. The van der Waals surface area contributed by atoms with Gasteiger partial charge in [0.15, 0.2) is 0 Å². The Hall–Kier alpha value is -1.06. The summed E-state index contributed by atoms with van der Waals surface area (Å²) < 4.78 is 0. The normalized spacial score (nSPS) is 17.4. The zero-order valence-electron chi connectivity index (χ0n) is 10.9. The van der Waals surface area contributed by atoms with Gasteiger partial charge in [0.1, 0.15) is 0 Å².